The molecule has 1 aromatic heterocycles. The van der Waals surface area contributed by atoms with Crippen molar-refractivity contribution >= 4 is 15.9 Å². The van der Waals surface area contributed by atoms with Gasteiger partial charge in [0.25, 0.3) is 0 Å². The Labute approximate surface area is 87.7 Å². The minimum atomic E-state index is 0.768. The van der Waals surface area contributed by atoms with Crippen molar-refractivity contribution < 1.29 is 0 Å². The highest BCUT2D eigenvalue weighted by atomic mass is 79.9. The van der Waals surface area contributed by atoms with Gasteiger partial charge in [-0.25, -0.2) is 0 Å². The van der Waals surface area contributed by atoms with Crippen LogP contribution in [0.15, 0.2) is 16.7 Å². The lowest BCUT2D eigenvalue weighted by molar-refractivity contribution is 0.717. The van der Waals surface area contributed by atoms with Gasteiger partial charge in [-0.2, -0.15) is 0 Å². The van der Waals surface area contributed by atoms with Crippen LogP contribution in [0.2, 0.25) is 0 Å². The summed E-state index contributed by atoms with van der Waals surface area (Å²) in [7, 11) is 0. The van der Waals surface area contributed by atoms with Crippen molar-refractivity contribution in [3.05, 3.63) is 28.0 Å². The molecule has 0 atom stereocenters. The first-order valence-corrected chi connectivity index (χ1v) is 5.68. The second kappa shape index (κ2) is 3.79. The number of halogens is 1. The smallest absolute Gasteiger partial charge is 0.0514 e. The third kappa shape index (κ3) is 1.93. The largest absolute Gasteiger partial charge is 0.260 e. The first-order valence-electron chi connectivity index (χ1n) is 4.89. The van der Waals surface area contributed by atoms with E-state index in [9.17, 15) is 0 Å². The molecule has 1 heterocycles. The molecular formula is C11H14BrN. The lowest BCUT2D eigenvalue weighted by Crippen LogP contribution is -1.94. The molecule has 70 valence electrons. The summed E-state index contributed by atoms with van der Waals surface area (Å²) in [6.45, 7) is 2.03. The first kappa shape index (κ1) is 9.20. The van der Waals surface area contributed by atoms with E-state index in [1.165, 1.54) is 31.2 Å². The quantitative estimate of drug-likeness (QED) is 0.727. The Morgan fingerprint density at radius 2 is 2.08 bits per heavy atom. The molecular weight excluding hydrogens is 226 g/mol. The van der Waals surface area contributed by atoms with E-state index >= 15 is 0 Å². The van der Waals surface area contributed by atoms with Crippen LogP contribution in [0.3, 0.4) is 0 Å². The molecule has 2 heteroatoms. The molecule has 1 aliphatic rings. The number of aromatic nitrogens is 1. The fourth-order valence-electron chi connectivity index (χ4n) is 2.00. The Morgan fingerprint density at radius 1 is 1.38 bits per heavy atom. The molecule has 1 nitrogen and oxygen atoms in total. The van der Waals surface area contributed by atoms with Crippen LogP contribution in [-0.2, 0) is 0 Å². The van der Waals surface area contributed by atoms with Gasteiger partial charge < -0.3 is 0 Å². The zero-order valence-electron chi connectivity index (χ0n) is 7.89. The average molecular weight is 240 g/mol. The van der Waals surface area contributed by atoms with Gasteiger partial charge in [0, 0.05) is 10.7 Å². The summed E-state index contributed by atoms with van der Waals surface area (Å²) >= 11 is 3.53. The predicted octanol–water partition coefficient (Wildman–Crippen LogP) is 3.81. The monoisotopic (exact) mass is 239 g/mol. The van der Waals surface area contributed by atoms with Crippen LogP contribution >= 0.6 is 15.9 Å². The molecule has 0 N–H and O–H groups in total. The molecule has 0 amide bonds. The Bertz CT molecular complexity index is 303. The van der Waals surface area contributed by atoms with Crippen LogP contribution < -0.4 is 0 Å². The number of hydrogen-bond acceptors (Lipinski definition) is 1. The van der Waals surface area contributed by atoms with Crippen LogP contribution in [0.25, 0.3) is 0 Å². The highest BCUT2D eigenvalue weighted by Gasteiger charge is 2.17. The van der Waals surface area contributed by atoms with E-state index in [2.05, 4.69) is 27.0 Å². The van der Waals surface area contributed by atoms with Gasteiger partial charge in [-0.1, -0.05) is 12.8 Å². The van der Waals surface area contributed by atoms with Crippen LogP contribution in [0.1, 0.15) is 42.9 Å². The SMILES string of the molecule is Cc1ncc(C2CCCC2)cc1Br. The molecule has 13 heavy (non-hydrogen) atoms. The van der Waals surface area contributed by atoms with Gasteiger partial charge in [0.15, 0.2) is 0 Å². The van der Waals surface area contributed by atoms with E-state index < -0.39 is 0 Å². The summed E-state index contributed by atoms with van der Waals surface area (Å²) in [5.41, 5.74) is 2.50. The summed E-state index contributed by atoms with van der Waals surface area (Å²) in [5, 5.41) is 0. The lowest BCUT2D eigenvalue weighted by atomic mass is 9.99. The Kier molecular flexibility index (Phi) is 2.68. The maximum Gasteiger partial charge on any atom is 0.0514 e. The molecule has 0 unspecified atom stereocenters. The number of rotatable bonds is 1. The highest BCUT2D eigenvalue weighted by Crippen LogP contribution is 2.34. The van der Waals surface area contributed by atoms with E-state index in [0.717, 1.165) is 16.1 Å². The third-order valence-electron chi connectivity index (χ3n) is 2.87. The van der Waals surface area contributed by atoms with Crippen LogP contribution in [0, 0.1) is 6.92 Å². The summed E-state index contributed by atoms with van der Waals surface area (Å²) in [6.07, 6.45) is 7.50. The van der Waals surface area contributed by atoms with E-state index in [4.69, 9.17) is 0 Å². The van der Waals surface area contributed by atoms with Crippen molar-refractivity contribution in [1.29, 1.82) is 0 Å². The second-order valence-electron chi connectivity index (χ2n) is 3.82. The van der Waals surface area contributed by atoms with Gasteiger partial charge in [0.05, 0.1) is 5.69 Å². The van der Waals surface area contributed by atoms with E-state index in [-0.39, 0.29) is 0 Å². The summed E-state index contributed by atoms with van der Waals surface area (Å²) in [5.74, 6) is 0.768. The van der Waals surface area contributed by atoms with Crippen molar-refractivity contribution in [3.8, 4) is 0 Å². The van der Waals surface area contributed by atoms with Crippen LogP contribution in [0.5, 0.6) is 0 Å². The minimum Gasteiger partial charge on any atom is -0.260 e. The summed E-state index contributed by atoms with van der Waals surface area (Å²) in [6, 6.07) is 2.23. The van der Waals surface area contributed by atoms with Gasteiger partial charge in [0.1, 0.15) is 0 Å². The molecule has 1 aromatic rings. The molecule has 0 aliphatic heterocycles. The number of aryl methyl sites for hydroxylation is 1. The highest BCUT2D eigenvalue weighted by molar-refractivity contribution is 9.10. The van der Waals surface area contributed by atoms with Crippen molar-refractivity contribution in [2.24, 2.45) is 0 Å². The fraction of sp³-hybridized carbons (Fsp3) is 0.545. The minimum absolute atomic E-state index is 0.768. The van der Waals surface area contributed by atoms with Crippen molar-refractivity contribution in [2.75, 3.05) is 0 Å². The van der Waals surface area contributed by atoms with Crippen LogP contribution in [0.4, 0.5) is 0 Å². The zero-order chi connectivity index (χ0) is 9.26. The Balaban J connectivity index is 2.25. The summed E-state index contributed by atoms with van der Waals surface area (Å²) < 4.78 is 1.15. The fourth-order valence-corrected chi connectivity index (χ4v) is 2.37. The lowest BCUT2D eigenvalue weighted by Gasteiger charge is -2.09. The predicted molar refractivity (Wildman–Crippen MR) is 57.9 cm³/mol. The number of hydrogen-bond donors (Lipinski definition) is 0. The Hall–Kier alpha value is -0.370. The van der Waals surface area contributed by atoms with E-state index in [1.807, 2.05) is 13.1 Å². The standard InChI is InChI=1S/C11H14BrN/c1-8-11(12)6-10(7-13-8)9-4-2-3-5-9/h6-7,9H,2-5H2,1H3. The van der Waals surface area contributed by atoms with Gasteiger partial charge in [-0.3, -0.25) is 4.98 Å². The molecule has 0 bridgehead atoms. The van der Waals surface area contributed by atoms with Crippen molar-refractivity contribution in [2.45, 2.75) is 38.5 Å². The second-order valence-corrected chi connectivity index (χ2v) is 4.67. The molecule has 2 rings (SSSR count). The summed E-state index contributed by atoms with van der Waals surface area (Å²) in [4.78, 5) is 4.38. The third-order valence-corrected chi connectivity index (χ3v) is 3.68. The van der Waals surface area contributed by atoms with Crippen LogP contribution in [-0.4, -0.2) is 4.98 Å². The first-order chi connectivity index (χ1) is 6.27. The number of pyridine rings is 1. The molecule has 0 aromatic carbocycles. The molecule has 1 fully saturated rings. The molecule has 0 saturated heterocycles. The van der Waals surface area contributed by atoms with Crippen molar-refractivity contribution in [3.63, 3.8) is 0 Å². The van der Waals surface area contributed by atoms with Gasteiger partial charge in [0.2, 0.25) is 0 Å². The Morgan fingerprint density at radius 3 is 2.69 bits per heavy atom. The molecule has 1 saturated carbocycles. The van der Waals surface area contributed by atoms with Gasteiger partial charge in [-0.15, -0.1) is 0 Å². The molecule has 0 radical (unpaired) electrons. The topological polar surface area (TPSA) is 12.9 Å². The zero-order valence-corrected chi connectivity index (χ0v) is 9.47. The van der Waals surface area contributed by atoms with Gasteiger partial charge >= 0.3 is 0 Å². The average Bonchev–Trinajstić information content (AvgIpc) is 2.62. The molecule has 0 spiro atoms. The number of nitrogens with zero attached hydrogens (tertiary/aromatic N) is 1. The van der Waals surface area contributed by atoms with Gasteiger partial charge in [-0.05, 0) is 53.2 Å². The normalized spacial score (nSPS) is 18.0. The van der Waals surface area contributed by atoms with E-state index in [1.54, 1.807) is 0 Å². The van der Waals surface area contributed by atoms with Crippen molar-refractivity contribution in [1.82, 2.24) is 4.98 Å². The maximum absolute atomic E-state index is 4.38. The maximum atomic E-state index is 4.38. The molecule has 1 aliphatic carbocycles. The van der Waals surface area contributed by atoms with E-state index in [0.29, 0.717) is 0 Å².